The molecule has 0 unspecified atom stereocenters. The molecule has 2 aromatic heterocycles. The van der Waals surface area contributed by atoms with E-state index in [9.17, 15) is 0 Å². The second-order valence-corrected chi connectivity index (χ2v) is 39.8. The molecule has 6 aromatic carbocycles. The van der Waals surface area contributed by atoms with E-state index in [0.29, 0.717) is 0 Å². The second kappa shape index (κ2) is 21.3. The van der Waals surface area contributed by atoms with E-state index < -0.39 is 18.0 Å². The van der Waals surface area contributed by atoms with Crippen LogP contribution in [0.2, 0.25) is 13.1 Å². The Morgan fingerprint density at radius 1 is 0.484 bits per heavy atom. The maximum absolute atomic E-state index is 6.01. The number of hydrogen-bond donors (Lipinski definition) is 0. The van der Waals surface area contributed by atoms with Crippen molar-refractivity contribution in [2.75, 3.05) is 0 Å². The summed E-state index contributed by atoms with van der Waals surface area (Å²) in [4.78, 5) is 0. The monoisotopic (exact) mass is 956 g/mol. The van der Waals surface area contributed by atoms with Crippen LogP contribution in [-0.4, -0.2) is 5.43 Å². The third kappa shape index (κ3) is 10.8. The number of halogens is 2. The summed E-state index contributed by atoms with van der Waals surface area (Å²) in [5, 5.41) is 5.23. The van der Waals surface area contributed by atoms with E-state index in [-0.39, 0.29) is 5.43 Å². The molecule has 0 N–H and O–H groups in total. The molecule has 0 aliphatic rings. The molecule has 8 aromatic rings. The fourth-order valence-corrected chi connectivity index (χ4v) is 8.27. The van der Waals surface area contributed by atoms with E-state index in [1.165, 1.54) is 99.4 Å². The zero-order valence-corrected chi connectivity index (χ0v) is 44.0. The fraction of sp³-hybridized carbons (Fsp3) is 0.321. The van der Waals surface area contributed by atoms with E-state index >= 15 is 0 Å². The van der Waals surface area contributed by atoms with Gasteiger partial charge in [0.1, 0.15) is 0 Å². The Labute approximate surface area is 386 Å². The van der Waals surface area contributed by atoms with Crippen LogP contribution in [0.4, 0.5) is 0 Å². The number of aryl methyl sites for hydroxylation is 10. The van der Waals surface area contributed by atoms with Gasteiger partial charge in [-0.05, 0) is 134 Å². The van der Waals surface area contributed by atoms with Crippen LogP contribution in [0.1, 0.15) is 97.6 Å². The van der Waals surface area contributed by atoms with Gasteiger partial charge >= 0.3 is 53.5 Å². The Bertz CT molecular complexity index is 2570. The number of benzene rings is 4. The maximum atomic E-state index is 6.01. The molecule has 0 spiro atoms. The summed E-state index contributed by atoms with van der Waals surface area (Å²) in [7, 11) is 11.2. The van der Waals surface area contributed by atoms with Gasteiger partial charge in [0.05, 0.1) is 23.0 Å². The summed E-state index contributed by atoms with van der Waals surface area (Å²) in [6, 6.07) is 36.8. The first-order chi connectivity index (χ1) is 29.7. The van der Waals surface area contributed by atoms with Crippen molar-refractivity contribution in [1.29, 1.82) is 0 Å². The van der Waals surface area contributed by atoms with Crippen LogP contribution in [0.25, 0.3) is 66.4 Å². The van der Waals surface area contributed by atoms with Crippen LogP contribution in [0.3, 0.4) is 0 Å². The first kappa shape index (κ1) is 47.8. The Balaban J connectivity index is 0.000000183. The van der Waals surface area contributed by atoms with Crippen molar-refractivity contribution in [2.24, 2.45) is 0 Å². The zero-order valence-electron chi connectivity index (χ0n) is 39.1. The molecule has 62 heavy (non-hydrogen) atoms. The third-order valence-corrected chi connectivity index (χ3v) is 32.1. The van der Waals surface area contributed by atoms with Gasteiger partial charge in [-0.25, -0.2) is 0 Å². The van der Waals surface area contributed by atoms with Crippen molar-refractivity contribution in [3.05, 3.63) is 153 Å². The predicted molar refractivity (Wildman–Crippen MR) is 270 cm³/mol. The van der Waals surface area contributed by atoms with E-state index in [2.05, 4.69) is 166 Å². The summed E-state index contributed by atoms with van der Waals surface area (Å²) < 4.78 is 12.0. The van der Waals surface area contributed by atoms with Crippen LogP contribution in [0, 0.1) is 27.7 Å². The molecule has 0 bridgehead atoms. The molecule has 0 saturated carbocycles. The SMILES string of the molecule is CCc1cc(CC)cc(-c2c(CC)ccc3[cH-]c(-c4cc(C)c(C)o4)cc23)c1.CCc1cc(CC)cc(-c2c(CC)ccc3[cH-]c(-c4cc(C)c(C)o4)cc23)c1.C[Si](C)=[Zr]([Cl])[Cl]. The second-order valence-electron chi connectivity index (χ2n) is 16.9. The summed E-state index contributed by atoms with van der Waals surface area (Å²) >= 11 is -1.65. The van der Waals surface area contributed by atoms with Gasteiger partial charge in [-0.3, -0.25) is 0 Å². The number of hydrogen-bond acceptors (Lipinski definition) is 2. The Morgan fingerprint density at radius 2 is 0.823 bits per heavy atom. The van der Waals surface area contributed by atoms with Crippen molar-refractivity contribution < 1.29 is 26.8 Å². The van der Waals surface area contributed by atoms with E-state index in [1.54, 1.807) is 0 Å². The molecule has 0 amide bonds. The van der Waals surface area contributed by atoms with Crippen molar-refractivity contribution in [3.63, 3.8) is 0 Å². The predicted octanol–water partition coefficient (Wildman–Crippen LogP) is 17.7. The molecule has 0 saturated heterocycles. The molecule has 0 aliphatic carbocycles. The molecule has 0 radical (unpaired) electrons. The molecule has 2 nitrogen and oxygen atoms in total. The molecule has 6 heteroatoms. The summed E-state index contributed by atoms with van der Waals surface area (Å²) in [6.07, 6.45) is 6.32. The van der Waals surface area contributed by atoms with Crippen LogP contribution in [0.15, 0.2) is 106 Å². The van der Waals surface area contributed by atoms with Crippen molar-refractivity contribution in [3.8, 4) is 44.9 Å². The van der Waals surface area contributed by atoms with Gasteiger partial charge in [-0.1, -0.05) is 112 Å². The Morgan fingerprint density at radius 3 is 1.08 bits per heavy atom. The normalized spacial score (nSPS) is 11.1. The third-order valence-electron chi connectivity index (χ3n) is 12.3. The standard InChI is InChI=1S/2C27H29O.C2H6Si.2ClH.Zr/c2*1-6-19-12-20(7-2)14-24(13-19)27-21(8-3)9-10-22-15-23(16-25(22)27)26-11-17(4)18(5)28-26;1-3-2;;;/h2*9-16H,6-8H2,1-5H3;1-2H3;2*1H;/q2*-1;;;;+2/p-2. The molecule has 8 rings (SSSR count). The Kier molecular flexibility index (Phi) is 16.5. The molecule has 0 fully saturated rings. The molecular weight excluding hydrogens is 895 g/mol. The van der Waals surface area contributed by atoms with Crippen molar-refractivity contribution in [2.45, 2.75) is 121 Å². The van der Waals surface area contributed by atoms with Crippen LogP contribution in [-0.2, 0) is 56.5 Å². The van der Waals surface area contributed by atoms with Crippen LogP contribution < -0.4 is 0 Å². The summed E-state index contributed by atoms with van der Waals surface area (Å²) in [5.41, 5.74) is 18.5. The average molecular weight is 959 g/mol. The Hall–Kier alpha value is -3.66. The summed E-state index contributed by atoms with van der Waals surface area (Å²) in [5.74, 6) is 3.93. The van der Waals surface area contributed by atoms with Gasteiger partial charge in [0.2, 0.25) is 0 Å². The number of rotatable bonds is 10. The number of fused-ring (bicyclic) bond motifs is 2. The van der Waals surface area contributed by atoms with E-state index in [4.69, 9.17) is 25.9 Å². The fourth-order valence-electron chi connectivity index (χ4n) is 8.27. The molecule has 0 aliphatic heterocycles. The molecule has 324 valence electrons. The summed E-state index contributed by atoms with van der Waals surface area (Å²) in [6.45, 7) is 26.1. The van der Waals surface area contributed by atoms with E-state index in [1.807, 2.05) is 13.8 Å². The zero-order chi connectivity index (χ0) is 44.8. The minimum atomic E-state index is -1.65. The molecule has 0 atom stereocenters. The van der Waals surface area contributed by atoms with E-state index in [0.717, 1.165) is 61.6 Å². The van der Waals surface area contributed by atoms with Gasteiger partial charge in [0.25, 0.3) is 0 Å². The van der Waals surface area contributed by atoms with Gasteiger partial charge < -0.3 is 8.83 Å². The van der Waals surface area contributed by atoms with Gasteiger partial charge in [0, 0.05) is 0 Å². The van der Waals surface area contributed by atoms with Crippen molar-refractivity contribution >= 4 is 44.0 Å². The van der Waals surface area contributed by atoms with Crippen LogP contribution >= 0.6 is 17.0 Å². The van der Waals surface area contributed by atoms with Gasteiger partial charge in [-0.15, -0.1) is 57.9 Å². The molecular formula is C56H64Cl2O2SiZr-2. The minimum absolute atomic E-state index is 0.224. The van der Waals surface area contributed by atoms with Crippen LogP contribution in [0.5, 0.6) is 0 Å². The first-order valence-corrected chi connectivity index (χ1v) is 35.1. The topological polar surface area (TPSA) is 26.3 Å². The van der Waals surface area contributed by atoms with Gasteiger partial charge in [0.15, 0.2) is 0 Å². The first-order valence-electron chi connectivity index (χ1n) is 22.6. The number of furan rings is 2. The quantitative estimate of drug-likeness (QED) is 0.101. The molecule has 2 heterocycles. The van der Waals surface area contributed by atoms with Gasteiger partial charge in [-0.2, -0.15) is 0 Å². The van der Waals surface area contributed by atoms with Crippen molar-refractivity contribution in [1.82, 2.24) is 0 Å². The average Bonchev–Trinajstić information content (AvgIpc) is 4.07.